The van der Waals surface area contributed by atoms with E-state index in [1.54, 1.807) is 12.1 Å². The third kappa shape index (κ3) is 4.69. The number of aromatic nitrogens is 1. The first-order valence-electron chi connectivity index (χ1n) is 12.0. The molecule has 5 nitrogen and oxygen atoms in total. The number of halogens is 1. The van der Waals surface area contributed by atoms with Gasteiger partial charge in [0.15, 0.2) is 0 Å². The molecule has 0 unspecified atom stereocenters. The van der Waals surface area contributed by atoms with Gasteiger partial charge >= 0.3 is 0 Å². The van der Waals surface area contributed by atoms with Crippen LogP contribution in [0.4, 0.5) is 10.1 Å². The number of para-hydroxylation sites is 1. The van der Waals surface area contributed by atoms with E-state index in [9.17, 15) is 9.18 Å². The third-order valence-electron chi connectivity index (χ3n) is 6.42. The first-order valence-corrected chi connectivity index (χ1v) is 12.0. The van der Waals surface area contributed by atoms with Crippen molar-refractivity contribution in [3.63, 3.8) is 0 Å². The predicted molar refractivity (Wildman–Crippen MR) is 138 cm³/mol. The molecule has 0 N–H and O–H groups in total. The summed E-state index contributed by atoms with van der Waals surface area (Å²) >= 11 is 0. The highest BCUT2D eigenvalue weighted by molar-refractivity contribution is 6.07. The summed E-state index contributed by atoms with van der Waals surface area (Å²) in [5.41, 5.74) is 4.76. The van der Waals surface area contributed by atoms with Crippen molar-refractivity contribution in [3.05, 3.63) is 89.7 Å². The Morgan fingerprint density at radius 2 is 1.71 bits per heavy atom. The lowest BCUT2D eigenvalue weighted by molar-refractivity contribution is 0.0748. The molecule has 35 heavy (non-hydrogen) atoms. The number of hydrogen-bond acceptors (Lipinski definition) is 4. The van der Waals surface area contributed by atoms with Crippen LogP contribution in [0.1, 0.15) is 22.8 Å². The number of piperazine rings is 1. The Morgan fingerprint density at radius 3 is 2.43 bits per heavy atom. The van der Waals surface area contributed by atoms with Crippen LogP contribution in [-0.4, -0.2) is 48.6 Å². The second-order valence-corrected chi connectivity index (χ2v) is 8.76. The quantitative estimate of drug-likeness (QED) is 0.376. The molecule has 6 heteroatoms. The van der Waals surface area contributed by atoms with Crippen molar-refractivity contribution in [2.45, 2.75) is 13.8 Å². The minimum absolute atomic E-state index is 0.0247. The third-order valence-corrected chi connectivity index (χ3v) is 6.42. The van der Waals surface area contributed by atoms with E-state index in [0.29, 0.717) is 44.0 Å². The SMILES string of the molecule is CCOc1ccc(-c2cc(C(=O)N3CCN(c4ccccc4F)CC3)c3cc(C)ccc3n2)cc1. The van der Waals surface area contributed by atoms with E-state index in [1.165, 1.54) is 6.07 Å². The highest BCUT2D eigenvalue weighted by atomic mass is 19.1. The number of anilines is 1. The lowest BCUT2D eigenvalue weighted by atomic mass is 10.0. The van der Waals surface area contributed by atoms with Crippen LogP contribution in [-0.2, 0) is 0 Å². The summed E-state index contributed by atoms with van der Waals surface area (Å²) in [6.07, 6.45) is 0. The largest absolute Gasteiger partial charge is 0.494 e. The molecule has 5 rings (SSSR count). The predicted octanol–water partition coefficient (Wildman–Crippen LogP) is 5.71. The minimum Gasteiger partial charge on any atom is -0.494 e. The number of fused-ring (bicyclic) bond motifs is 1. The maximum absolute atomic E-state index is 14.2. The number of rotatable bonds is 5. The van der Waals surface area contributed by atoms with Gasteiger partial charge < -0.3 is 14.5 Å². The summed E-state index contributed by atoms with van der Waals surface area (Å²) in [6.45, 7) is 6.80. The first-order chi connectivity index (χ1) is 17.0. The summed E-state index contributed by atoms with van der Waals surface area (Å²) < 4.78 is 19.8. The second kappa shape index (κ2) is 9.74. The molecular weight excluding hydrogens is 441 g/mol. The van der Waals surface area contributed by atoms with E-state index in [1.807, 2.05) is 78.2 Å². The highest BCUT2D eigenvalue weighted by Gasteiger charge is 2.25. The molecule has 3 aromatic carbocycles. The van der Waals surface area contributed by atoms with E-state index >= 15 is 0 Å². The van der Waals surface area contributed by atoms with Crippen molar-refractivity contribution in [1.82, 2.24) is 9.88 Å². The van der Waals surface area contributed by atoms with Gasteiger partial charge in [-0.15, -0.1) is 0 Å². The molecule has 0 saturated carbocycles. The molecule has 2 heterocycles. The minimum atomic E-state index is -0.233. The molecule has 1 fully saturated rings. The van der Waals surface area contributed by atoms with Gasteiger partial charge in [0.25, 0.3) is 5.91 Å². The molecule has 0 atom stereocenters. The Bertz CT molecular complexity index is 1360. The van der Waals surface area contributed by atoms with Crippen LogP contribution in [0, 0.1) is 12.7 Å². The molecule has 0 radical (unpaired) electrons. The number of ether oxygens (including phenoxy) is 1. The maximum atomic E-state index is 14.2. The van der Waals surface area contributed by atoms with Gasteiger partial charge in [-0.25, -0.2) is 9.37 Å². The van der Waals surface area contributed by atoms with Crippen LogP contribution in [0.25, 0.3) is 22.2 Å². The van der Waals surface area contributed by atoms with Gasteiger partial charge in [-0.2, -0.15) is 0 Å². The second-order valence-electron chi connectivity index (χ2n) is 8.76. The average Bonchev–Trinajstić information content (AvgIpc) is 2.89. The zero-order valence-corrected chi connectivity index (χ0v) is 20.0. The van der Waals surface area contributed by atoms with Gasteiger partial charge in [0.05, 0.1) is 29.1 Å². The number of carbonyl (C=O) groups excluding carboxylic acids is 1. The van der Waals surface area contributed by atoms with E-state index < -0.39 is 0 Å². The number of pyridine rings is 1. The summed E-state index contributed by atoms with van der Waals surface area (Å²) in [7, 11) is 0. The topological polar surface area (TPSA) is 45.7 Å². The Morgan fingerprint density at radius 1 is 0.971 bits per heavy atom. The number of hydrogen-bond donors (Lipinski definition) is 0. The number of carbonyl (C=O) groups is 1. The van der Waals surface area contributed by atoms with Crippen molar-refractivity contribution < 1.29 is 13.9 Å². The van der Waals surface area contributed by atoms with Gasteiger partial charge in [-0.3, -0.25) is 4.79 Å². The van der Waals surface area contributed by atoms with Gasteiger partial charge in [-0.05, 0) is 68.4 Å². The molecule has 0 spiro atoms. The fourth-order valence-electron chi connectivity index (χ4n) is 4.58. The summed E-state index contributed by atoms with van der Waals surface area (Å²) in [5, 5.41) is 0.848. The van der Waals surface area contributed by atoms with Gasteiger partial charge in [0.2, 0.25) is 0 Å². The fraction of sp³-hybridized carbons (Fsp3) is 0.241. The molecule has 1 aromatic heterocycles. The molecular formula is C29H28FN3O2. The van der Waals surface area contributed by atoms with Crippen LogP contribution in [0.15, 0.2) is 72.8 Å². The maximum Gasteiger partial charge on any atom is 0.254 e. The molecule has 0 aliphatic carbocycles. The van der Waals surface area contributed by atoms with Crippen molar-refractivity contribution in [3.8, 4) is 17.0 Å². The van der Waals surface area contributed by atoms with Crippen LogP contribution in [0.3, 0.4) is 0 Å². The number of nitrogens with zero attached hydrogens (tertiary/aromatic N) is 3. The smallest absolute Gasteiger partial charge is 0.254 e. The summed E-state index contributed by atoms with van der Waals surface area (Å²) in [5.74, 6) is 0.544. The lowest BCUT2D eigenvalue weighted by Crippen LogP contribution is -2.49. The van der Waals surface area contributed by atoms with E-state index in [2.05, 4.69) is 0 Å². The Labute approximate surface area is 204 Å². The van der Waals surface area contributed by atoms with Gasteiger partial charge in [-0.1, -0.05) is 23.8 Å². The van der Waals surface area contributed by atoms with E-state index in [-0.39, 0.29) is 11.7 Å². The Balaban J connectivity index is 1.45. The van der Waals surface area contributed by atoms with Crippen molar-refractivity contribution in [1.29, 1.82) is 0 Å². The van der Waals surface area contributed by atoms with Crippen LogP contribution < -0.4 is 9.64 Å². The molecule has 178 valence electrons. The number of aryl methyl sites for hydroxylation is 1. The lowest BCUT2D eigenvalue weighted by Gasteiger charge is -2.36. The van der Waals surface area contributed by atoms with Crippen molar-refractivity contribution in [2.75, 3.05) is 37.7 Å². The zero-order valence-electron chi connectivity index (χ0n) is 20.0. The summed E-state index contributed by atoms with van der Waals surface area (Å²) in [4.78, 5) is 22.5. The molecule has 1 aliphatic heterocycles. The van der Waals surface area contributed by atoms with Gasteiger partial charge in [0, 0.05) is 37.1 Å². The van der Waals surface area contributed by atoms with E-state index in [0.717, 1.165) is 33.5 Å². The Hall–Kier alpha value is -3.93. The average molecular weight is 470 g/mol. The normalized spacial score (nSPS) is 13.8. The molecule has 1 saturated heterocycles. The first kappa shape index (κ1) is 22.8. The fourth-order valence-corrected chi connectivity index (χ4v) is 4.58. The van der Waals surface area contributed by atoms with E-state index in [4.69, 9.17) is 9.72 Å². The van der Waals surface area contributed by atoms with Crippen molar-refractivity contribution in [2.24, 2.45) is 0 Å². The molecule has 1 aliphatic rings. The van der Waals surface area contributed by atoms with Crippen LogP contribution >= 0.6 is 0 Å². The standard InChI is InChI=1S/C29H28FN3O2/c1-3-35-22-11-9-21(10-12-22)27-19-24(23-18-20(2)8-13-26(23)31-27)29(34)33-16-14-32(15-17-33)28-7-5-4-6-25(28)30/h4-13,18-19H,3,14-17H2,1-2H3. The van der Waals surface area contributed by atoms with Crippen LogP contribution in [0.5, 0.6) is 5.75 Å². The number of benzene rings is 3. The van der Waals surface area contributed by atoms with Crippen LogP contribution in [0.2, 0.25) is 0 Å². The van der Waals surface area contributed by atoms with Crippen molar-refractivity contribution >= 4 is 22.5 Å². The van der Waals surface area contributed by atoms with Gasteiger partial charge in [0.1, 0.15) is 11.6 Å². The monoisotopic (exact) mass is 469 g/mol. The number of amides is 1. The zero-order chi connectivity index (χ0) is 24.4. The molecule has 4 aromatic rings. The molecule has 1 amide bonds. The highest BCUT2D eigenvalue weighted by Crippen LogP contribution is 2.29. The Kier molecular flexibility index (Phi) is 6.36. The molecule has 0 bridgehead atoms. The summed E-state index contributed by atoms with van der Waals surface area (Å²) in [6, 6.07) is 22.5.